The molecule has 9 heteroatoms. The smallest absolute Gasteiger partial charge is 0.407 e. The van der Waals surface area contributed by atoms with Gasteiger partial charge in [0.05, 0.1) is 13.2 Å². The van der Waals surface area contributed by atoms with Crippen LogP contribution in [0.2, 0.25) is 0 Å². The van der Waals surface area contributed by atoms with Crippen LogP contribution in [-0.4, -0.2) is 81.5 Å². The molecule has 0 radical (unpaired) electrons. The number of esters is 1. The number of likely N-dealkylation sites (tertiary alicyclic amines) is 1. The van der Waals surface area contributed by atoms with Crippen molar-refractivity contribution < 1.29 is 33.3 Å². The van der Waals surface area contributed by atoms with Gasteiger partial charge in [0.25, 0.3) is 0 Å². The Balaban J connectivity index is 1.92. The van der Waals surface area contributed by atoms with Gasteiger partial charge in [-0.1, -0.05) is 12.1 Å². The van der Waals surface area contributed by atoms with E-state index >= 15 is 0 Å². The minimum Gasteiger partial charge on any atom is -0.468 e. The predicted octanol–water partition coefficient (Wildman–Crippen LogP) is 3.15. The molecule has 1 unspecified atom stereocenters. The molecular formula is C25H40N2O7. The normalized spacial score (nSPS) is 16.0. The number of piperidine rings is 1. The van der Waals surface area contributed by atoms with Crippen molar-refractivity contribution in [3.63, 3.8) is 0 Å². The first-order valence-corrected chi connectivity index (χ1v) is 11.8. The molecule has 1 N–H and O–H groups in total. The lowest BCUT2D eigenvalue weighted by atomic mass is 10.0. The Hall–Kier alpha value is -2.36. The monoisotopic (exact) mass is 480 g/mol. The third kappa shape index (κ3) is 11.7. The number of methoxy groups -OCH3 is 1. The third-order valence-electron chi connectivity index (χ3n) is 5.21. The summed E-state index contributed by atoms with van der Waals surface area (Å²) < 4.78 is 26.7. The largest absolute Gasteiger partial charge is 0.468 e. The van der Waals surface area contributed by atoms with Crippen LogP contribution < -0.4 is 10.1 Å². The lowest BCUT2D eigenvalue weighted by Crippen LogP contribution is -2.49. The minimum atomic E-state index is -0.568. The lowest BCUT2D eigenvalue weighted by Gasteiger charge is -2.34. The number of hydrogen-bond acceptors (Lipinski definition) is 8. The first kappa shape index (κ1) is 27.9. The van der Waals surface area contributed by atoms with Crippen LogP contribution in [0.15, 0.2) is 24.3 Å². The van der Waals surface area contributed by atoms with Crippen molar-refractivity contribution in [3.8, 4) is 5.75 Å². The van der Waals surface area contributed by atoms with Gasteiger partial charge in [-0.05, 0) is 57.7 Å². The highest BCUT2D eigenvalue weighted by atomic mass is 16.7. The van der Waals surface area contributed by atoms with Gasteiger partial charge in [-0.3, -0.25) is 4.79 Å². The molecule has 1 fully saturated rings. The summed E-state index contributed by atoms with van der Waals surface area (Å²) in [5.41, 5.74) is 0.505. The lowest BCUT2D eigenvalue weighted by molar-refractivity contribution is -0.148. The molecule has 0 bridgehead atoms. The van der Waals surface area contributed by atoms with Crippen molar-refractivity contribution in [2.75, 3.05) is 46.8 Å². The van der Waals surface area contributed by atoms with E-state index < -0.39 is 11.7 Å². The van der Waals surface area contributed by atoms with Crippen molar-refractivity contribution in [2.24, 2.45) is 0 Å². The second-order valence-corrected chi connectivity index (χ2v) is 9.46. The van der Waals surface area contributed by atoms with Gasteiger partial charge in [-0.2, -0.15) is 0 Å². The van der Waals surface area contributed by atoms with Crippen LogP contribution in [0.3, 0.4) is 0 Å². The van der Waals surface area contributed by atoms with Crippen LogP contribution in [0.25, 0.3) is 0 Å². The number of benzene rings is 1. The van der Waals surface area contributed by atoms with Crippen LogP contribution in [0.5, 0.6) is 5.75 Å². The molecule has 1 atom stereocenters. The van der Waals surface area contributed by atoms with Gasteiger partial charge in [0.15, 0.2) is 6.79 Å². The molecule has 34 heavy (non-hydrogen) atoms. The number of carbonyl (C=O) groups is 2. The molecule has 1 amide bonds. The first-order valence-electron chi connectivity index (χ1n) is 11.8. The molecule has 0 saturated carbocycles. The zero-order valence-corrected chi connectivity index (χ0v) is 21.1. The van der Waals surface area contributed by atoms with Crippen molar-refractivity contribution >= 4 is 12.1 Å². The maximum Gasteiger partial charge on any atom is 0.407 e. The number of hydrogen-bond donors (Lipinski definition) is 1. The molecule has 1 aromatic carbocycles. The van der Waals surface area contributed by atoms with Crippen LogP contribution >= 0.6 is 0 Å². The van der Waals surface area contributed by atoms with E-state index in [0.717, 1.165) is 31.5 Å². The van der Waals surface area contributed by atoms with Crippen LogP contribution in [0.4, 0.5) is 4.79 Å². The number of alkyl carbamates (subject to hydrolysis) is 1. The quantitative estimate of drug-likeness (QED) is 0.277. The average Bonchev–Trinajstić information content (AvgIpc) is 2.74. The highest BCUT2D eigenvalue weighted by Gasteiger charge is 2.25. The summed E-state index contributed by atoms with van der Waals surface area (Å²) in [5.74, 6) is 0.474. The van der Waals surface area contributed by atoms with E-state index in [2.05, 4.69) is 10.2 Å². The number of nitrogens with zero attached hydrogens (tertiary/aromatic N) is 1. The van der Waals surface area contributed by atoms with E-state index in [1.807, 2.05) is 45.0 Å². The topological polar surface area (TPSA) is 95.6 Å². The van der Waals surface area contributed by atoms with E-state index in [4.69, 9.17) is 23.7 Å². The van der Waals surface area contributed by atoms with Gasteiger partial charge in [-0.25, -0.2) is 4.79 Å². The molecule has 0 spiro atoms. The van der Waals surface area contributed by atoms with Gasteiger partial charge in [0, 0.05) is 39.7 Å². The zero-order chi connectivity index (χ0) is 25.0. The van der Waals surface area contributed by atoms with Gasteiger partial charge in [-0.15, -0.1) is 0 Å². The number of carbonyl (C=O) groups excluding carboxylic acids is 2. The molecular weight excluding hydrogens is 440 g/mol. The number of amides is 1. The number of ether oxygens (including phenoxy) is 5. The molecule has 1 aromatic rings. The molecule has 1 aliphatic rings. The Morgan fingerprint density at radius 2 is 1.79 bits per heavy atom. The molecule has 0 aliphatic carbocycles. The van der Waals surface area contributed by atoms with Gasteiger partial charge < -0.3 is 33.9 Å². The molecule has 2 rings (SSSR count). The van der Waals surface area contributed by atoms with Crippen LogP contribution in [-0.2, 0) is 30.2 Å². The molecule has 1 heterocycles. The van der Waals surface area contributed by atoms with Crippen molar-refractivity contribution in [3.05, 3.63) is 29.8 Å². The fourth-order valence-electron chi connectivity index (χ4n) is 3.71. The highest BCUT2D eigenvalue weighted by Crippen LogP contribution is 2.17. The van der Waals surface area contributed by atoms with E-state index in [1.54, 1.807) is 7.11 Å². The Morgan fingerprint density at radius 3 is 2.38 bits per heavy atom. The second kappa shape index (κ2) is 14.1. The Bertz CT molecular complexity index is 741. The number of nitrogens with one attached hydrogen (secondary N) is 1. The summed E-state index contributed by atoms with van der Waals surface area (Å²) in [7, 11) is 1.62. The molecule has 0 aromatic heterocycles. The fourth-order valence-corrected chi connectivity index (χ4v) is 3.71. The third-order valence-corrected chi connectivity index (χ3v) is 5.21. The average molecular weight is 481 g/mol. The molecule has 9 nitrogen and oxygen atoms in total. The van der Waals surface area contributed by atoms with E-state index in [0.29, 0.717) is 31.9 Å². The maximum absolute atomic E-state index is 12.5. The van der Waals surface area contributed by atoms with Gasteiger partial charge >= 0.3 is 12.1 Å². The summed E-state index contributed by atoms with van der Waals surface area (Å²) in [6.45, 7) is 10.4. The zero-order valence-electron chi connectivity index (χ0n) is 21.1. The molecule has 192 valence electrons. The second-order valence-electron chi connectivity index (χ2n) is 9.46. The van der Waals surface area contributed by atoms with E-state index in [9.17, 15) is 9.59 Å². The minimum absolute atomic E-state index is 0.0305. The first-order chi connectivity index (χ1) is 16.1. The Kier molecular flexibility index (Phi) is 11.6. The summed E-state index contributed by atoms with van der Waals surface area (Å²) >= 11 is 0. The molecule has 1 saturated heterocycles. The van der Waals surface area contributed by atoms with Crippen molar-refractivity contribution in [1.29, 1.82) is 0 Å². The Labute approximate surface area is 203 Å². The highest BCUT2D eigenvalue weighted by molar-refractivity contribution is 5.68. The molecule has 1 aliphatic heterocycles. The predicted molar refractivity (Wildman–Crippen MR) is 128 cm³/mol. The summed E-state index contributed by atoms with van der Waals surface area (Å²) in [5, 5.41) is 3.03. The van der Waals surface area contributed by atoms with E-state index in [-0.39, 0.29) is 24.9 Å². The SMILES string of the molecule is COCCOCOc1ccc(CC(CN2CCC(OC(C)=O)CC2)NC(=O)OC(C)(C)C)cc1. The van der Waals surface area contributed by atoms with Gasteiger partial charge in [0.2, 0.25) is 0 Å². The van der Waals surface area contributed by atoms with E-state index in [1.165, 1.54) is 6.92 Å². The number of rotatable bonds is 12. The van der Waals surface area contributed by atoms with Gasteiger partial charge in [0.1, 0.15) is 17.5 Å². The summed E-state index contributed by atoms with van der Waals surface area (Å²) in [6.07, 6.45) is 1.76. The standard InChI is InChI=1S/C25H40N2O7/c1-19(28)33-23-10-12-27(13-11-23)17-21(26-24(29)34-25(2,3)4)16-20-6-8-22(9-7-20)32-18-31-15-14-30-5/h6-9,21,23H,10-18H2,1-5H3,(H,26,29). The van der Waals surface area contributed by atoms with Crippen molar-refractivity contribution in [1.82, 2.24) is 10.2 Å². The summed E-state index contributed by atoms with van der Waals surface area (Å²) in [6, 6.07) is 7.63. The Morgan fingerprint density at radius 1 is 1.12 bits per heavy atom. The fraction of sp³-hybridized carbons (Fsp3) is 0.680. The van der Waals surface area contributed by atoms with Crippen molar-refractivity contribution in [2.45, 2.75) is 64.7 Å². The summed E-state index contributed by atoms with van der Waals surface area (Å²) in [4.78, 5) is 26.0. The maximum atomic E-state index is 12.5. The van der Waals surface area contributed by atoms with Crippen LogP contribution in [0, 0.1) is 0 Å². The van der Waals surface area contributed by atoms with Crippen LogP contribution in [0.1, 0.15) is 46.1 Å².